The molecular weight excluding hydrogens is 344 g/mol. The normalized spacial score (nSPS) is 32.6. The molecule has 5 rings (SSSR count). The van der Waals surface area contributed by atoms with Crippen LogP contribution in [0.5, 0.6) is 0 Å². The van der Waals surface area contributed by atoms with Crippen molar-refractivity contribution in [3.05, 3.63) is 33.8 Å². The largest absolute Gasteiger partial charge is 0.445 e. The fraction of sp³-hybridized carbons (Fsp3) is 0.588. The van der Waals surface area contributed by atoms with E-state index in [1.165, 1.54) is 11.1 Å². The molecule has 118 valence electrons. The molecule has 3 fully saturated rings. The van der Waals surface area contributed by atoms with Crippen LogP contribution in [-0.2, 0) is 11.2 Å². The van der Waals surface area contributed by atoms with E-state index < -0.39 is 0 Å². The molecule has 4 nitrogen and oxygen atoms in total. The van der Waals surface area contributed by atoms with Gasteiger partial charge in [0.25, 0.3) is 0 Å². The van der Waals surface area contributed by atoms with Gasteiger partial charge in [-0.25, -0.2) is 4.79 Å². The van der Waals surface area contributed by atoms with Crippen LogP contribution < -0.4 is 5.32 Å². The van der Waals surface area contributed by atoms with E-state index >= 15 is 0 Å². The van der Waals surface area contributed by atoms with Crippen LogP contribution in [0.4, 0.5) is 4.79 Å². The van der Waals surface area contributed by atoms with Gasteiger partial charge in [0.15, 0.2) is 0 Å². The summed E-state index contributed by atoms with van der Waals surface area (Å²) in [6, 6.07) is 6.38. The molecule has 0 spiro atoms. The monoisotopic (exact) mass is 364 g/mol. The van der Waals surface area contributed by atoms with E-state index in [0.29, 0.717) is 5.92 Å². The third kappa shape index (κ3) is 2.76. The number of hydrogen-bond donors (Lipinski definition) is 1. The SMILES string of the molecule is O=C(NC1CCc2cc(Br)ccc21)O[C@@H]1CN2CCC1CC2. The minimum atomic E-state index is -0.250. The molecule has 1 N–H and O–H groups in total. The topological polar surface area (TPSA) is 41.6 Å². The van der Waals surface area contributed by atoms with Gasteiger partial charge in [-0.05, 0) is 68.0 Å². The van der Waals surface area contributed by atoms with Crippen LogP contribution in [0.1, 0.15) is 36.4 Å². The number of carbonyl (C=O) groups is 1. The van der Waals surface area contributed by atoms with Crippen molar-refractivity contribution in [1.82, 2.24) is 10.2 Å². The number of benzene rings is 1. The number of rotatable bonds is 2. The molecule has 3 saturated heterocycles. The Kier molecular flexibility index (Phi) is 3.86. The molecule has 3 aliphatic heterocycles. The summed E-state index contributed by atoms with van der Waals surface area (Å²) in [5, 5.41) is 3.07. The second kappa shape index (κ2) is 5.85. The Labute approximate surface area is 139 Å². The van der Waals surface area contributed by atoms with Gasteiger partial charge in [-0.15, -0.1) is 0 Å². The van der Waals surface area contributed by atoms with E-state index in [-0.39, 0.29) is 18.2 Å². The highest BCUT2D eigenvalue weighted by Gasteiger charge is 2.37. The summed E-state index contributed by atoms with van der Waals surface area (Å²) in [6.45, 7) is 3.24. The van der Waals surface area contributed by atoms with E-state index in [1.807, 2.05) is 6.07 Å². The summed E-state index contributed by atoms with van der Waals surface area (Å²) in [5.74, 6) is 0.558. The summed E-state index contributed by atoms with van der Waals surface area (Å²) < 4.78 is 6.82. The molecule has 3 heterocycles. The zero-order valence-electron chi connectivity index (χ0n) is 12.6. The van der Waals surface area contributed by atoms with Crippen molar-refractivity contribution in [2.45, 2.75) is 37.8 Å². The summed E-state index contributed by atoms with van der Waals surface area (Å²) in [7, 11) is 0. The van der Waals surface area contributed by atoms with Gasteiger partial charge in [0.1, 0.15) is 6.10 Å². The first-order valence-electron chi connectivity index (χ1n) is 8.17. The number of piperidine rings is 3. The number of nitrogens with one attached hydrogen (secondary N) is 1. The molecular formula is C17H21BrN2O2. The van der Waals surface area contributed by atoms with E-state index in [9.17, 15) is 4.79 Å². The second-order valence-corrected chi connectivity index (χ2v) is 7.58. The van der Waals surface area contributed by atoms with Crippen LogP contribution in [-0.4, -0.2) is 36.7 Å². The number of amides is 1. The number of aryl methyl sites for hydroxylation is 1. The second-order valence-electron chi connectivity index (χ2n) is 6.66. The van der Waals surface area contributed by atoms with E-state index in [1.54, 1.807) is 0 Å². The Morgan fingerprint density at radius 3 is 2.82 bits per heavy atom. The highest BCUT2D eigenvalue weighted by atomic mass is 79.9. The average molecular weight is 365 g/mol. The van der Waals surface area contributed by atoms with Crippen molar-refractivity contribution in [3.63, 3.8) is 0 Å². The number of fused-ring (bicyclic) bond motifs is 4. The number of nitrogens with zero attached hydrogens (tertiary/aromatic N) is 1. The Morgan fingerprint density at radius 2 is 2.09 bits per heavy atom. The molecule has 4 aliphatic rings. The van der Waals surface area contributed by atoms with E-state index in [0.717, 1.165) is 49.8 Å². The lowest BCUT2D eigenvalue weighted by molar-refractivity contribution is -0.0339. The smallest absolute Gasteiger partial charge is 0.407 e. The van der Waals surface area contributed by atoms with Gasteiger partial charge in [-0.1, -0.05) is 22.0 Å². The predicted molar refractivity (Wildman–Crippen MR) is 87.8 cm³/mol. The molecule has 5 heteroatoms. The van der Waals surface area contributed by atoms with Crippen molar-refractivity contribution < 1.29 is 9.53 Å². The van der Waals surface area contributed by atoms with Crippen LogP contribution in [0.15, 0.2) is 22.7 Å². The molecule has 1 aromatic carbocycles. The average Bonchev–Trinajstić information content (AvgIpc) is 2.90. The first-order chi connectivity index (χ1) is 10.7. The minimum Gasteiger partial charge on any atom is -0.445 e. The summed E-state index contributed by atoms with van der Waals surface area (Å²) in [6.07, 6.45) is 4.13. The van der Waals surface area contributed by atoms with Gasteiger partial charge < -0.3 is 10.1 Å². The van der Waals surface area contributed by atoms with Crippen LogP contribution in [0, 0.1) is 5.92 Å². The van der Waals surface area contributed by atoms with Crippen LogP contribution in [0.25, 0.3) is 0 Å². The standard InChI is InChI=1S/C17H21BrN2O2/c18-13-2-3-14-12(9-13)1-4-15(14)19-17(21)22-16-10-20-7-5-11(16)6-8-20/h2-3,9,11,15-16H,1,4-8,10H2,(H,19,21)/t15?,16-/m1/s1. The van der Waals surface area contributed by atoms with Gasteiger partial charge >= 0.3 is 6.09 Å². The Morgan fingerprint density at radius 1 is 1.27 bits per heavy atom. The third-order valence-electron chi connectivity index (χ3n) is 5.33. The van der Waals surface area contributed by atoms with Crippen LogP contribution >= 0.6 is 15.9 Å². The number of ether oxygens (including phenoxy) is 1. The quantitative estimate of drug-likeness (QED) is 0.875. The molecule has 2 bridgehead atoms. The Hall–Kier alpha value is -1.07. The molecule has 1 aliphatic carbocycles. The Bertz CT molecular complexity index is 584. The van der Waals surface area contributed by atoms with Crippen molar-refractivity contribution >= 4 is 22.0 Å². The van der Waals surface area contributed by atoms with Gasteiger partial charge in [-0.3, -0.25) is 4.90 Å². The fourth-order valence-corrected chi connectivity index (χ4v) is 4.50. The van der Waals surface area contributed by atoms with Crippen LogP contribution in [0.2, 0.25) is 0 Å². The van der Waals surface area contributed by atoms with E-state index in [4.69, 9.17) is 4.74 Å². The molecule has 0 saturated carbocycles. The number of alkyl carbamates (subject to hydrolysis) is 1. The molecule has 1 unspecified atom stereocenters. The maximum Gasteiger partial charge on any atom is 0.407 e. The zero-order valence-corrected chi connectivity index (χ0v) is 14.1. The van der Waals surface area contributed by atoms with Crippen molar-refractivity contribution in [2.75, 3.05) is 19.6 Å². The highest BCUT2D eigenvalue weighted by Crippen LogP contribution is 2.34. The first kappa shape index (κ1) is 14.5. The van der Waals surface area contributed by atoms with Gasteiger partial charge in [0, 0.05) is 11.0 Å². The number of carbonyl (C=O) groups excluding carboxylic acids is 1. The van der Waals surface area contributed by atoms with Gasteiger partial charge in [-0.2, -0.15) is 0 Å². The highest BCUT2D eigenvalue weighted by molar-refractivity contribution is 9.10. The van der Waals surface area contributed by atoms with Gasteiger partial charge in [0.2, 0.25) is 0 Å². The van der Waals surface area contributed by atoms with Crippen molar-refractivity contribution in [3.8, 4) is 0 Å². The predicted octanol–water partition coefficient (Wildman–Crippen LogP) is 3.26. The molecule has 0 aromatic heterocycles. The zero-order chi connectivity index (χ0) is 15.1. The molecule has 22 heavy (non-hydrogen) atoms. The molecule has 2 atom stereocenters. The summed E-state index contributed by atoms with van der Waals surface area (Å²) >= 11 is 3.50. The lowest BCUT2D eigenvalue weighted by Gasteiger charge is -2.43. The molecule has 1 aromatic rings. The molecule has 1 amide bonds. The molecule has 0 radical (unpaired) electrons. The Balaban J connectivity index is 1.37. The maximum absolute atomic E-state index is 12.3. The minimum absolute atomic E-state index is 0.0771. The lowest BCUT2D eigenvalue weighted by Crippen LogP contribution is -2.52. The number of hydrogen-bond acceptors (Lipinski definition) is 3. The first-order valence-corrected chi connectivity index (χ1v) is 8.96. The fourth-order valence-electron chi connectivity index (χ4n) is 4.09. The maximum atomic E-state index is 12.3. The van der Waals surface area contributed by atoms with Crippen molar-refractivity contribution in [1.29, 1.82) is 0 Å². The number of halogens is 1. The summed E-state index contributed by atoms with van der Waals surface area (Å²) in [5.41, 5.74) is 2.55. The van der Waals surface area contributed by atoms with E-state index in [2.05, 4.69) is 38.3 Å². The van der Waals surface area contributed by atoms with Crippen LogP contribution in [0.3, 0.4) is 0 Å². The lowest BCUT2D eigenvalue weighted by atomic mass is 9.86. The third-order valence-corrected chi connectivity index (χ3v) is 5.82. The summed E-state index contributed by atoms with van der Waals surface area (Å²) in [4.78, 5) is 14.7. The van der Waals surface area contributed by atoms with Crippen molar-refractivity contribution in [2.24, 2.45) is 5.92 Å². The van der Waals surface area contributed by atoms with Gasteiger partial charge in [0.05, 0.1) is 6.04 Å².